The number of rotatable bonds is 4. The Morgan fingerprint density at radius 2 is 2.00 bits per heavy atom. The minimum Gasteiger partial charge on any atom is -0.379 e. The van der Waals surface area contributed by atoms with Gasteiger partial charge < -0.3 is 9.64 Å². The first-order chi connectivity index (χ1) is 10.3. The number of allylic oxidation sites excluding steroid dienone is 2. The van der Waals surface area contributed by atoms with E-state index in [4.69, 9.17) is 4.74 Å². The standard InChI is InChI=1S/C17H28N2O2/c20-17(13-15-5-1-2-6-15)19-8-4-3-7-16(19)14-18-9-11-21-12-10-18/h1,5,15-16H,2-4,6-14H2/t15-,16+/m0/s1. The molecule has 2 saturated heterocycles. The van der Waals surface area contributed by atoms with Gasteiger partial charge in [-0.2, -0.15) is 0 Å². The zero-order chi connectivity index (χ0) is 14.5. The molecule has 3 aliphatic rings. The highest BCUT2D eigenvalue weighted by Crippen LogP contribution is 2.25. The summed E-state index contributed by atoms with van der Waals surface area (Å²) in [7, 11) is 0. The van der Waals surface area contributed by atoms with Crippen molar-refractivity contribution >= 4 is 5.91 Å². The number of hydrogen-bond acceptors (Lipinski definition) is 3. The highest BCUT2D eigenvalue weighted by atomic mass is 16.5. The monoisotopic (exact) mass is 292 g/mol. The summed E-state index contributed by atoms with van der Waals surface area (Å²) < 4.78 is 5.42. The molecule has 0 aromatic carbocycles. The van der Waals surface area contributed by atoms with E-state index in [0.29, 0.717) is 17.9 Å². The van der Waals surface area contributed by atoms with Crippen LogP contribution in [0.3, 0.4) is 0 Å². The number of hydrogen-bond donors (Lipinski definition) is 0. The fourth-order valence-electron chi connectivity index (χ4n) is 3.81. The van der Waals surface area contributed by atoms with Gasteiger partial charge in [-0.15, -0.1) is 0 Å². The Bertz CT molecular complexity index is 377. The normalized spacial score (nSPS) is 30.8. The average Bonchev–Trinajstić information content (AvgIpc) is 3.02. The molecular weight excluding hydrogens is 264 g/mol. The molecule has 0 saturated carbocycles. The Balaban J connectivity index is 1.54. The number of ether oxygens (including phenoxy) is 1. The highest BCUT2D eigenvalue weighted by molar-refractivity contribution is 5.77. The van der Waals surface area contributed by atoms with Crippen LogP contribution in [0.5, 0.6) is 0 Å². The van der Waals surface area contributed by atoms with Crippen LogP contribution < -0.4 is 0 Å². The van der Waals surface area contributed by atoms with E-state index >= 15 is 0 Å². The van der Waals surface area contributed by atoms with E-state index in [2.05, 4.69) is 22.0 Å². The Morgan fingerprint density at radius 3 is 2.76 bits per heavy atom. The fraction of sp³-hybridized carbons (Fsp3) is 0.824. The summed E-state index contributed by atoms with van der Waals surface area (Å²) in [5.74, 6) is 0.868. The van der Waals surface area contributed by atoms with Crippen molar-refractivity contribution in [2.45, 2.75) is 44.6 Å². The van der Waals surface area contributed by atoms with E-state index < -0.39 is 0 Å². The third-order valence-electron chi connectivity index (χ3n) is 5.07. The van der Waals surface area contributed by atoms with E-state index in [0.717, 1.165) is 58.7 Å². The number of nitrogens with zero attached hydrogens (tertiary/aromatic N) is 2. The number of carbonyl (C=O) groups excluding carboxylic acids is 1. The van der Waals surface area contributed by atoms with Gasteiger partial charge in [-0.25, -0.2) is 0 Å². The van der Waals surface area contributed by atoms with Crippen LogP contribution in [-0.2, 0) is 9.53 Å². The van der Waals surface area contributed by atoms with Crippen LogP contribution in [0, 0.1) is 5.92 Å². The second kappa shape index (κ2) is 7.41. The molecule has 0 unspecified atom stereocenters. The Morgan fingerprint density at radius 1 is 1.14 bits per heavy atom. The number of carbonyl (C=O) groups is 1. The van der Waals surface area contributed by atoms with Gasteiger partial charge in [0.15, 0.2) is 0 Å². The minimum atomic E-state index is 0.379. The lowest BCUT2D eigenvalue weighted by molar-refractivity contribution is -0.136. The van der Waals surface area contributed by atoms with Gasteiger partial charge >= 0.3 is 0 Å². The first-order valence-electron chi connectivity index (χ1n) is 8.59. The number of amides is 1. The SMILES string of the molecule is O=C(C[C@H]1C=CCC1)N1CCCC[C@@H]1CN1CCOCC1. The minimum absolute atomic E-state index is 0.379. The smallest absolute Gasteiger partial charge is 0.223 e. The van der Waals surface area contributed by atoms with E-state index in [-0.39, 0.29) is 0 Å². The van der Waals surface area contributed by atoms with E-state index in [9.17, 15) is 4.79 Å². The van der Waals surface area contributed by atoms with Crippen LogP contribution in [0.1, 0.15) is 38.5 Å². The van der Waals surface area contributed by atoms with E-state index in [1.54, 1.807) is 0 Å². The summed E-state index contributed by atoms with van der Waals surface area (Å²) in [6.07, 6.45) is 11.1. The van der Waals surface area contributed by atoms with Crippen LogP contribution in [0.2, 0.25) is 0 Å². The van der Waals surface area contributed by atoms with Crippen molar-refractivity contribution in [1.82, 2.24) is 9.80 Å². The Kier molecular flexibility index (Phi) is 5.31. The van der Waals surface area contributed by atoms with Crippen LogP contribution in [0.15, 0.2) is 12.2 Å². The summed E-state index contributed by atoms with van der Waals surface area (Å²) >= 11 is 0. The van der Waals surface area contributed by atoms with Crippen molar-refractivity contribution in [3.05, 3.63) is 12.2 Å². The molecule has 1 amide bonds. The molecule has 4 nitrogen and oxygen atoms in total. The van der Waals surface area contributed by atoms with E-state index in [1.807, 2.05) is 0 Å². The third kappa shape index (κ3) is 4.07. The lowest BCUT2D eigenvalue weighted by Crippen LogP contribution is -2.51. The summed E-state index contributed by atoms with van der Waals surface area (Å²) in [6.45, 7) is 5.72. The number of piperidine rings is 1. The number of morpholine rings is 1. The molecule has 0 aromatic heterocycles. The molecule has 4 heteroatoms. The zero-order valence-electron chi connectivity index (χ0n) is 13.0. The molecule has 0 radical (unpaired) electrons. The van der Waals surface area contributed by atoms with Crippen molar-refractivity contribution in [3.63, 3.8) is 0 Å². The Labute approximate surface area is 128 Å². The van der Waals surface area contributed by atoms with Gasteiger partial charge in [0, 0.05) is 38.6 Å². The lowest BCUT2D eigenvalue weighted by atomic mass is 9.98. The second-order valence-corrected chi connectivity index (χ2v) is 6.62. The lowest BCUT2D eigenvalue weighted by Gasteiger charge is -2.40. The quantitative estimate of drug-likeness (QED) is 0.744. The Hall–Kier alpha value is -0.870. The van der Waals surface area contributed by atoms with Gasteiger partial charge in [-0.05, 0) is 38.0 Å². The van der Waals surface area contributed by atoms with Gasteiger partial charge in [-0.3, -0.25) is 9.69 Å². The van der Waals surface area contributed by atoms with Crippen LogP contribution in [0.4, 0.5) is 0 Å². The maximum atomic E-state index is 12.7. The molecule has 2 atom stereocenters. The van der Waals surface area contributed by atoms with E-state index in [1.165, 1.54) is 19.3 Å². The molecule has 118 valence electrons. The molecule has 0 bridgehead atoms. The summed E-state index contributed by atoms with van der Waals surface area (Å²) in [5, 5.41) is 0. The van der Waals surface area contributed by atoms with Gasteiger partial charge in [0.2, 0.25) is 5.91 Å². The van der Waals surface area contributed by atoms with Crippen molar-refractivity contribution in [3.8, 4) is 0 Å². The van der Waals surface area contributed by atoms with Crippen LogP contribution in [-0.4, -0.2) is 61.1 Å². The molecule has 21 heavy (non-hydrogen) atoms. The van der Waals surface area contributed by atoms with Crippen molar-refractivity contribution in [1.29, 1.82) is 0 Å². The van der Waals surface area contributed by atoms with Crippen molar-refractivity contribution in [2.75, 3.05) is 39.4 Å². The molecule has 0 spiro atoms. The van der Waals surface area contributed by atoms with Crippen LogP contribution >= 0.6 is 0 Å². The molecule has 0 aromatic rings. The first kappa shape index (κ1) is 15.0. The molecule has 2 fully saturated rings. The number of likely N-dealkylation sites (tertiary alicyclic amines) is 1. The summed E-state index contributed by atoms with van der Waals surface area (Å²) in [4.78, 5) is 17.3. The summed E-state index contributed by atoms with van der Waals surface area (Å²) in [6, 6.07) is 0.426. The molecule has 1 aliphatic carbocycles. The largest absolute Gasteiger partial charge is 0.379 e. The molecular formula is C17H28N2O2. The van der Waals surface area contributed by atoms with Gasteiger partial charge in [0.25, 0.3) is 0 Å². The second-order valence-electron chi connectivity index (χ2n) is 6.62. The summed E-state index contributed by atoms with van der Waals surface area (Å²) in [5.41, 5.74) is 0. The highest BCUT2D eigenvalue weighted by Gasteiger charge is 2.29. The molecule has 2 aliphatic heterocycles. The molecule has 3 rings (SSSR count). The predicted molar refractivity (Wildman–Crippen MR) is 83.1 cm³/mol. The predicted octanol–water partition coefficient (Wildman–Crippen LogP) is 2.06. The van der Waals surface area contributed by atoms with Crippen molar-refractivity contribution < 1.29 is 9.53 Å². The third-order valence-corrected chi connectivity index (χ3v) is 5.07. The molecule has 2 heterocycles. The zero-order valence-corrected chi connectivity index (χ0v) is 13.0. The fourth-order valence-corrected chi connectivity index (χ4v) is 3.81. The van der Waals surface area contributed by atoms with Crippen molar-refractivity contribution in [2.24, 2.45) is 5.92 Å². The van der Waals surface area contributed by atoms with Gasteiger partial charge in [-0.1, -0.05) is 12.2 Å². The molecule has 0 N–H and O–H groups in total. The van der Waals surface area contributed by atoms with Gasteiger partial charge in [0.1, 0.15) is 0 Å². The first-order valence-corrected chi connectivity index (χ1v) is 8.59. The maximum absolute atomic E-state index is 12.7. The topological polar surface area (TPSA) is 32.8 Å². The van der Waals surface area contributed by atoms with Crippen LogP contribution in [0.25, 0.3) is 0 Å². The average molecular weight is 292 g/mol. The van der Waals surface area contributed by atoms with Gasteiger partial charge in [0.05, 0.1) is 13.2 Å². The maximum Gasteiger partial charge on any atom is 0.223 e.